The van der Waals surface area contributed by atoms with Crippen LogP contribution in [0, 0.1) is 5.92 Å². The van der Waals surface area contributed by atoms with Crippen molar-refractivity contribution in [3.05, 3.63) is 57.8 Å². The van der Waals surface area contributed by atoms with Crippen LogP contribution in [0.1, 0.15) is 33.6 Å². The molecule has 8 heteroatoms. The van der Waals surface area contributed by atoms with Crippen molar-refractivity contribution in [3.8, 4) is 0 Å². The molecule has 1 aromatic carbocycles. The number of halogens is 1. The Bertz CT molecular complexity index is 815. The third kappa shape index (κ3) is 8.08. The van der Waals surface area contributed by atoms with Crippen molar-refractivity contribution in [1.82, 2.24) is 20.4 Å². The molecule has 1 saturated heterocycles. The van der Waals surface area contributed by atoms with Gasteiger partial charge in [-0.1, -0.05) is 18.2 Å². The van der Waals surface area contributed by atoms with Crippen molar-refractivity contribution < 1.29 is 4.79 Å². The molecule has 0 atom stereocenters. The second kappa shape index (κ2) is 13.0. The lowest BCUT2D eigenvalue weighted by Gasteiger charge is -2.32. The number of benzene rings is 1. The van der Waals surface area contributed by atoms with Gasteiger partial charge in [0.25, 0.3) is 5.91 Å². The first-order valence-electron chi connectivity index (χ1n) is 10.5. The van der Waals surface area contributed by atoms with E-state index in [1.54, 1.807) is 26.0 Å². The van der Waals surface area contributed by atoms with E-state index in [1.807, 2.05) is 35.6 Å². The third-order valence-corrected chi connectivity index (χ3v) is 6.38. The normalized spacial score (nSPS) is 15.3. The number of hydrogen-bond donors (Lipinski definition) is 2. The van der Waals surface area contributed by atoms with Crippen molar-refractivity contribution in [1.29, 1.82) is 0 Å². The van der Waals surface area contributed by atoms with Crippen LogP contribution in [0.5, 0.6) is 0 Å². The highest BCUT2D eigenvalue weighted by molar-refractivity contribution is 14.0. The van der Waals surface area contributed by atoms with E-state index in [1.165, 1.54) is 17.7 Å². The molecule has 2 aromatic rings. The third-order valence-electron chi connectivity index (χ3n) is 5.52. The van der Waals surface area contributed by atoms with Crippen LogP contribution in [0.15, 0.2) is 46.8 Å². The molecule has 1 fully saturated rings. The molecule has 170 valence electrons. The van der Waals surface area contributed by atoms with Crippen molar-refractivity contribution in [3.63, 3.8) is 0 Å². The van der Waals surface area contributed by atoms with Crippen LogP contribution in [-0.2, 0) is 13.1 Å². The molecule has 2 N–H and O–H groups in total. The highest BCUT2D eigenvalue weighted by atomic mass is 127. The van der Waals surface area contributed by atoms with Crippen LogP contribution >= 0.6 is 35.3 Å². The Balaban J connectivity index is 0.00000341. The fraction of sp³-hybridized carbons (Fsp3) is 0.478. The minimum absolute atomic E-state index is 0. The maximum Gasteiger partial charge on any atom is 0.253 e. The van der Waals surface area contributed by atoms with E-state index in [0.717, 1.165) is 37.7 Å². The fourth-order valence-electron chi connectivity index (χ4n) is 3.64. The quantitative estimate of drug-likeness (QED) is 0.311. The van der Waals surface area contributed by atoms with Crippen molar-refractivity contribution >= 4 is 47.2 Å². The van der Waals surface area contributed by atoms with Gasteiger partial charge in [0.1, 0.15) is 0 Å². The molecule has 6 nitrogen and oxygen atoms in total. The summed E-state index contributed by atoms with van der Waals surface area (Å²) >= 11 is 1.84. The number of nitrogens with one attached hydrogen (secondary N) is 2. The number of amides is 1. The van der Waals surface area contributed by atoms with Gasteiger partial charge >= 0.3 is 0 Å². The number of guanidine groups is 1. The van der Waals surface area contributed by atoms with E-state index in [-0.39, 0.29) is 29.9 Å². The molecule has 1 aliphatic rings. The molecule has 1 aromatic heterocycles. The minimum Gasteiger partial charge on any atom is -0.356 e. The van der Waals surface area contributed by atoms with E-state index >= 15 is 0 Å². The number of carbonyl (C=O) groups is 1. The first kappa shape index (κ1) is 25.6. The van der Waals surface area contributed by atoms with E-state index in [2.05, 4.69) is 38.0 Å². The van der Waals surface area contributed by atoms with Crippen LogP contribution in [-0.4, -0.2) is 62.4 Å². The maximum atomic E-state index is 12.0. The Morgan fingerprint density at radius 2 is 1.87 bits per heavy atom. The number of likely N-dealkylation sites (tertiary alicyclic amines) is 1. The number of piperidine rings is 1. The maximum absolute atomic E-state index is 12.0. The summed E-state index contributed by atoms with van der Waals surface area (Å²) in [5.41, 5.74) is 1.83. The highest BCUT2D eigenvalue weighted by Gasteiger charge is 2.19. The molecule has 3 rings (SSSR count). The fourth-order valence-corrected chi connectivity index (χ4v) is 4.39. The summed E-state index contributed by atoms with van der Waals surface area (Å²) in [6.07, 6.45) is 2.44. The smallest absolute Gasteiger partial charge is 0.253 e. The second-order valence-electron chi connectivity index (χ2n) is 8.00. The molecule has 0 bridgehead atoms. The van der Waals surface area contributed by atoms with E-state index in [4.69, 9.17) is 0 Å². The lowest BCUT2D eigenvalue weighted by Crippen LogP contribution is -2.42. The number of hydrogen-bond acceptors (Lipinski definition) is 4. The van der Waals surface area contributed by atoms with Gasteiger partial charge in [-0.05, 0) is 61.0 Å². The van der Waals surface area contributed by atoms with E-state index < -0.39 is 0 Å². The van der Waals surface area contributed by atoms with Crippen LogP contribution in [0.3, 0.4) is 0 Å². The van der Waals surface area contributed by atoms with Gasteiger partial charge in [0.15, 0.2) is 5.96 Å². The molecule has 2 heterocycles. The summed E-state index contributed by atoms with van der Waals surface area (Å²) in [6, 6.07) is 12.1. The largest absolute Gasteiger partial charge is 0.356 e. The van der Waals surface area contributed by atoms with Gasteiger partial charge in [0, 0.05) is 51.2 Å². The van der Waals surface area contributed by atoms with Crippen molar-refractivity contribution in [2.24, 2.45) is 10.9 Å². The summed E-state index contributed by atoms with van der Waals surface area (Å²) in [6.45, 7) is 5.03. The average molecular weight is 556 g/mol. The van der Waals surface area contributed by atoms with Gasteiger partial charge in [0.2, 0.25) is 0 Å². The van der Waals surface area contributed by atoms with Crippen LogP contribution < -0.4 is 10.6 Å². The van der Waals surface area contributed by atoms with Gasteiger partial charge in [-0.3, -0.25) is 14.7 Å². The first-order chi connectivity index (χ1) is 14.5. The number of rotatable bonds is 7. The zero-order valence-electron chi connectivity index (χ0n) is 18.6. The predicted molar refractivity (Wildman–Crippen MR) is 140 cm³/mol. The van der Waals surface area contributed by atoms with E-state index in [0.29, 0.717) is 18.0 Å². The Hall–Kier alpha value is -1.65. The van der Waals surface area contributed by atoms with Crippen molar-refractivity contribution in [2.45, 2.75) is 25.9 Å². The van der Waals surface area contributed by atoms with Crippen LogP contribution in [0.2, 0.25) is 0 Å². The first-order valence-corrected chi connectivity index (χ1v) is 11.4. The summed E-state index contributed by atoms with van der Waals surface area (Å²) in [5, 5.41) is 9.00. The molecule has 0 unspecified atom stereocenters. The Morgan fingerprint density at radius 1 is 1.16 bits per heavy atom. The SMILES string of the molecule is CN=C(NCc1ccc(C(=O)N(C)C)cc1)NCC1CCN(Cc2cccs2)CC1.I. The van der Waals surface area contributed by atoms with Gasteiger partial charge in [0.05, 0.1) is 0 Å². The van der Waals surface area contributed by atoms with Crippen LogP contribution in [0.4, 0.5) is 0 Å². The Morgan fingerprint density at radius 3 is 2.45 bits per heavy atom. The molecular weight excluding hydrogens is 521 g/mol. The Kier molecular flexibility index (Phi) is 10.8. The van der Waals surface area contributed by atoms with Crippen LogP contribution in [0.25, 0.3) is 0 Å². The summed E-state index contributed by atoms with van der Waals surface area (Å²) in [7, 11) is 5.33. The molecule has 0 aliphatic carbocycles. The van der Waals surface area contributed by atoms with Gasteiger partial charge in [-0.2, -0.15) is 0 Å². The molecule has 0 saturated carbocycles. The monoisotopic (exact) mass is 555 g/mol. The zero-order chi connectivity index (χ0) is 21.3. The van der Waals surface area contributed by atoms with E-state index in [9.17, 15) is 4.79 Å². The second-order valence-corrected chi connectivity index (χ2v) is 9.03. The minimum atomic E-state index is 0. The van der Waals surface area contributed by atoms with Gasteiger partial charge in [-0.25, -0.2) is 0 Å². The zero-order valence-corrected chi connectivity index (χ0v) is 21.8. The van der Waals surface area contributed by atoms with Gasteiger partial charge in [-0.15, -0.1) is 35.3 Å². The number of carbonyl (C=O) groups excluding carboxylic acids is 1. The highest BCUT2D eigenvalue weighted by Crippen LogP contribution is 2.20. The lowest BCUT2D eigenvalue weighted by atomic mass is 9.97. The van der Waals surface area contributed by atoms with Crippen molar-refractivity contribution in [2.75, 3.05) is 40.8 Å². The predicted octanol–water partition coefficient (Wildman–Crippen LogP) is 3.65. The molecule has 1 amide bonds. The summed E-state index contributed by atoms with van der Waals surface area (Å²) in [5.74, 6) is 1.53. The summed E-state index contributed by atoms with van der Waals surface area (Å²) in [4.78, 5) is 21.9. The standard InChI is InChI=1S/C23H33N5OS.HI/c1-24-23(25-15-18-6-8-20(9-7-18)22(29)27(2)3)26-16-19-10-12-28(13-11-19)17-21-5-4-14-30-21;/h4-9,14,19H,10-13,15-17H2,1-3H3,(H2,24,25,26);1H. The molecule has 0 spiro atoms. The number of nitrogens with zero attached hydrogens (tertiary/aromatic N) is 3. The van der Waals surface area contributed by atoms with Gasteiger partial charge < -0.3 is 15.5 Å². The molecule has 0 radical (unpaired) electrons. The molecular formula is C23H34IN5OS. The summed E-state index contributed by atoms with van der Waals surface area (Å²) < 4.78 is 0. The molecule has 31 heavy (non-hydrogen) atoms. The molecule has 1 aliphatic heterocycles. The Labute approximate surface area is 207 Å². The average Bonchev–Trinajstić information content (AvgIpc) is 3.28. The lowest BCUT2D eigenvalue weighted by molar-refractivity contribution is 0.0827. The number of thiophene rings is 1. The topological polar surface area (TPSA) is 60.0 Å². The number of aliphatic imine (C=N–C) groups is 1.